The van der Waals surface area contributed by atoms with Crippen LogP contribution >= 0.6 is 11.3 Å². The first-order chi connectivity index (χ1) is 15.3. The van der Waals surface area contributed by atoms with Gasteiger partial charge in [0, 0.05) is 11.7 Å². The molecule has 1 aliphatic carbocycles. The van der Waals surface area contributed by atoms with E-state index in [9.17, 15) is 9.59 Å². The number of aryl methyl sites for hydroxylation is 1. The number of rotatable bonds is 3. The molecular formula is C26H31N3O2S. The van der Waals surface area contributed by atoms with Crippen molar-refractivity contribution in [1.29, 1.82) is 0 Å². The summed E-state index contributed by atoms with van der Waals surface area (Å²) in [5, 5.41) is 5.41. The number of nitrogens with zero attached hydrogens (tertiary/aromatic N) is 2. The van der Waals surface area contributed by atoms with E-state index < -0.39 is 5.54 Å². The molecule has 0 bridgehead atoms. The van der Waals surface area contributed by atoms with E-state index in [2.05, 4.69) is 19.2 Å². The van der Waals surface area contributed by atoms with Gasteiger partial charge in [0.1, 0.15) is 11.2 Å². The zero-order chi connectivity index (χ0) is 22.6. The fourth-order valence-electron chi connectivity index (χ4n) is 5.51. The molecule has 168 valence electrons. The number of hydrogen-bond acceptors (Lipinski definition) is 3. The van der Waals surface area contributed by atoms with Crippen LogP contribution in [0.1, 0.15) is 56.1 Å². The minimum absolute atomic E-state index is 0.0669. The summed E-state index contributed by atoms with van der Waals surface area (Å²) in [6, 6.07) is 12.0. The van der Waals surface area contributed by atoms with Crippen LogP contribution in [-0.4, -0.2) is 28.0 Å². The zero-order valence-electron chi connectivity index (χ0n) is 19.2. The first kappa shape index (κ1) is 21.3. The topological polar surface area (TPSA) is 54.3 Å². The Bertz CT molecular complexity index is 1190. The minimum Gasteiger partial charge on any atom is -0.351 e. The summed E-state index contributed by atoms with van der Waals surface area (Å²) in [5.74, 6) is 0.830. The largest absolute Gasteiger partial charge is 0.351 e. The van der Waals surface area contributed by atoms with Crippen LogP contribution in [0.2, 0.25) is 0 Å². The summed E-state index contributed by atoms with van der Waals surface area (Å²) in [7, 11) is 0. The second-order valence-electron chi connectivity index (χ2n) is 9.83. The first-order valence-corrected chi connectivity index (χ1v) is 12.5. The summed E-state index contributed by atoms with van der Waals surface area (Å²) in [6.07, 6.45) is 3.33. The molecule has 5 nitrogen and oxygen atoms in total. The van der Waals surface area contributed by atoms with Crippen molar-refractivity contribution in [3.8, 4) is 0 Å². The quantitative estimate of drug-likeness (QED) is 0.584. The van der Waals surface area contributed by atoms with E-state index in [0.717, 1.165) is 34.3 Å². The Hall–Kier alpha value is -2.60. The lowest BCUT2D eigenvalue weighted by atomic mass is 9.77. The van der Waals surface area contributed by atoms with Gasteiger partial charge < -0.3 is 9.88 Å². The number of benzene rings is 1. The summed E-state index contributed by atoms with van der Waals surface area (Å²) in [5.41, 5.74) is 2.45. The fourth-order valence-corrected chi connectivity index (χ4v) is 6.34. The third kappa shape index (κ3) is 3.19. The molecule has 3 aromatic rings. The average molecular weight is 450 g/mol. The SMILES string of the molecule is Cc1ccccc1N1C(=O)c2cc3sccc3n2CC1(C)C(=O)NC1CCCC(C)C1C. The van der Waals surface area contributed by atoms with Crippen molar-refractivity contribution in [3.63, 3.8) is 0 Å². The number of carbonyl (C=O) groups excluding carboxylic acids is 2. The maximum atomic E-state index is 14.0. The Labute approximate surface area is 193 Å². The number of aromatic nitrogens is 1. The van der Waals surface area contributed by atoms with E-state index in [4.69, 9.17) is 0 Å². The zero-order valence-corrected chi connectivity index (χ0v) is 20.0. The molecule has 2 amide bonds. The molecular weight excluding hydrogens is 418 g/mol. The van der Waals surface area contributed by atoms with Crippen LogP contribution in [0.3, 0.4) is 0 Å². The van der Waals surface area contributed by atoms with Crippen molar-refractivity contribution in [2.45, 2.75) is 65.1 Å². The van der Waals surface area contributed by atoms with Gasteiger partial charge in [-0.1, -0.05) is 44.9 Å². The maximum Gasteiger partial charge on any atom is 0.275 e. The van der Waals surface area contributed by atoms with Gasteiger partial charge in [0.2, 0.25) is 5.91 Å². The highest BCUT2D eigenvalue weighted by Crippen LogP contribution is 2.39. The van der Waals surface area contributed by atoms with Crippen molar-refractivity contribution in [2.24, 2.45) is 11.8 Å². The lowest BCUT2D eigenvalue weighted by Gasteiger charge is -2.46. The van der Waals surface area contributed by atoms with Gasteiger partial charge in [-0.3, -0.25) is 14.5 Å². The van der Waals surface area contributed by atoms with Gasteiger partial charge in [-0.2, -0.15) is 0 Å². The van der Waals surface area contributed by atoms with Crippen LogP contribution in [0, 0.1) is 18.8 Å². The molecule has 5 rings (SSSR count). The highest BCUT2D eigenvalue weighted by molar-refractivity contribution is 7.17. The molecule has 1 aliphatic heterocycles. The van der Waals surface area contributed by atoms with Crippen LogP contribution in [0.5, 0.6) is 0 Å². The number of para-hydroxylation sites is 1. The van der Waals surface area contributed by atoms with Crippen LogP contribution in [0.25, 0.3) is 10.2 Å². The number of fused-ring (bicyclic) bond motifs is 3. The van der Waals surface area contributed by atoms with E-state index >= 15 is 0 Å². The Balaban J connectivity index is 1.60. The number of amides is 2. The van der Waals surface area contributed by atoms with Crippen LogP contribution in [0.15, 0.2) is 41.8 Å². The molecule has 1 saturated carbocycles. The van der Waals surface area contributed by atoms with E-state index in [-0.39, 0.29) is 17.9 Å². The van der Waals surface area contributed by atoms with E-state index in [1.54, 1.807) is 16.2 Å². The Kier molecular flexibility index (Phi) is 5.16. The molecule has 4 atom stereocenters. The van der Waals surface area contributed by atoms with Gasteiger partial charge in [-0.15, -0.1) is 11.3 Å². The van der Waals surface area contributed by atoms with Crippen molar-refractivity contribution >= 4 is 39.1 Å². The second kappa shape index (κ2) is 7.77. The third-order valence-corrected chi connectivity index (χ3v) is 8.63. The lowest BCUT2D eigenvalue weighted by Crippen LogP contribution is -2.66. The molecule has 1 fully saturated rings. The predicted octanol–water partition coefficient (Wildman–Crippen LogP) is 5.37. The highest BCUT2D eigenvalue weighted by Gasteiger charge is 2.49. The molecule has 1 aromatic carbocycles. The standard InChI is InChI=1S/C26H31N3O2S/c1-16-9-7-10-19(18(16)3)27-25(31)26(4)15-28-21-12-13-32-23(21)14-22(28)24(30)29(26)20-11-6-5-8-17(20)2/h5-6,8,11-14,16,18-19H,7,9-10,15H2,1-4H3,(H,27,31). The highest BCUT2D eigenvalue weighted by atomic mass is 32.1. The Morgan fingerprint density at radius 3 is 2.75 bits per heavy atom. The van der Waals surface area contributed by atoms with Crippen molar-refractivity contribution in [3.05, 3.63) is 53.0 Å². The first-order valence-electron chi connectivity index (χ1n) is 11.6. The van der Waals surface area contributed by atoms with Crippen molar-refractivity contribution in [2.75, 3.05) is 4.90 Å². The fraction of sp³-hybridized carbons (Fsp3) is 0.462. The molecule has 1 N–H and O–H groups in total. The smallest absolute Gasteiger partial charge is 0.275 e. The van der Waals surface area contributed by atoms with E-state index in [0.29, 0.717) is 24.1 Å². The van der Waals surface area contributed by atoms with Gasteiger partial charge in [-0.05, 0) is 61.2 Å². The monoisotopic (exact) mass is 449 g/mol. The van der Waals surface area contributed by atoms with Crippen molar-refractivity contribution < 1.29 is 9.59 Å². The molecule has 6 heteroatoms. The molecule has 2 aliphatic rings. The molecule has 2 aromatic heterocycles. The summed E-state index contributed by atoms with van der Waals surface area (Å²) in [4.78, 5) is 29.6. The molecule has 4 unspecified atom stereocenters. The number of nitrogens with one attached hydrogen (secondary N) is 1. The number of hydrogen-bond donors (Lipinski definition) is 1. The molecule has 3 heterocycles. The third-order valence-electron chi connectivity index (χ3n) is 7.77. The number of thiophene rings is 1. The average Bonchev–Trinajstić information content (AvgIpc) is 3.35. The predicted molar refractivity (Wildman–Crippen MR) is 130 cm³/mol. The van der Waals surface area contributed by atoms with Crippen LogP contribution in [-0.2, 0) is 11.3 Å². The van der Waals surface area contributed by atoms with Gasteiger partial charge in [0.05, 0.1) is 16.8 Å². The molecule has 0 spiro atoms. The molecule has 0 saturated heterocycles. The normalized spacial score (nSPS) is 28.1. The maximum absolute atomic E-state index is 14.0. The number of carbonyl (C=O) groups is 2. The Morgan fingerprint density at radius 1 is 1.19 bits per heavy atom. The van der Waals surface area contributed by atoms with E-state index in [1.807, 2.05) is 60.2 Å². The van der Waals surface area contributed by atoms with E-state index in [1.165, 1.54) is 6.42 Å². The minimum atomic E-state index is -1.02. The number of anilines is 1. The summed E-state index contributed by atoms with van der Waals surface area (Å²) in [6.45, 7) is 8.86. The van der Waals surface area contributed by atoms with Gasteiger partial charge in [-0.25, -0.2) is 0 Å². The Morgan fingerprint density at radius 2 is 1.97 bits per heavy atom. The second-order valence-corrected chi connectivity index (χ2v) is 10.8. The molecule has 32 heavy (non-hydrogen) atoms. The van der Waals surface area contributed by atoms with Gasteiger partial charge in [0.25, 0.3) is 5.91 Å². The van der Waals surface area contributed by atoms with Crippen LogP contribution in [0.4, 0.5) is 5.69 Å². The van der Waals surface area contributed by atoms with Crippen LogP contribution < -0.4 is 10.2 Å². The lowest BCUT2D eigenvalue weighted by molar-refractivity contribution is -0.128. The van der Waals surface area contributed by atoms with Gasteiger partial charge >= 0.3 is 0 Å². The summed E-state index contributed by atoms with van der Waals surface area (Å²) >= 11 is 1.63. The van der Waals surface area contributed by atoms with Gasteiger partial charge in [0.15, 0.2) is 0 Å². The van der Waals surface area contributed by atoms with Crippen molar-refractivity contribution in [1.82, 2.24) is 9.88 Å². The molecule has 0 radical (unpaired) electrons. The summed E-state index contributed by atoms with van der Waals surface area (Å²) < 4.78 is 3.12.